The predicted octanol–water partition coefficient (Wildman–Crippen LogP) is 3.85. The Hall–Kier alpha value is -2.31. The van der Waals surface area contributed by atoms with Crippen molar-refractivity contribution in [3.8, 4) is 10.8 Å². The van der Waals surface area contributed by atoms with Crippen LogP contribution in [-0.4, -0.2) is 27.4 Å². The number of carbonyl (C=O) groups is 1. The molecule has 0 atom stereocenters. The molecule has 0 unspecified atom stereocenters. The average molecular weight is 357 g/mol. The van der Waals surface area contributed by atoms with Crippen LogP contribution in [0.5, 0.6) is 0 Å². The fourth-order valence-electron chi connectivity index (χ4n) is 2.80. The van der Waals surface area contributed by atoms with E-state index in [1.165, 1.54) is 11.3 Å². The lowest BCUT2D eigenvalue weighted by atomic mass is 10.0. The summed E-state index contributed by atoms with van der Waals surface area (Å²) < 4.78 is 0. The molecule has 120 valence electrons. The SMILES string of the molecule is O=C(c1csc(-c2ncccn2)n1)N1CCCc2cc(Cl)ccc21. The lowest BCUT2D eigenvalue weighted by Crippen LogP contribution is -2.35. The number of nitrogens with zero attached hydrogens (tertiary/aromatic N) is 4. The first kappa shape index (κ1) is 15.2. The molecule has 5 nitrogen and oxygen atoms in total. The van der Waals surface area contributed by atoms with Gasteiger partial charge in [0.2, 0.25) is 0 Å². The molecule has 0 spiro atoms. The number of fused-ring (bicyclic) bond motifs is 1. The molecule has 1 aliphatic heterocycles. The number of benzene rings is 1. The summed E-state index contributed by atoms with van der Waals surface area (Å²) in [5.41, 5.74) is 2.44. The summed E-state index contributed by atoms with van der Waals surface area (Å²) >= 11 is 7.44. The summed E-state index contributed by atoms with van der Waals surface area (Å²) in [5, 5.41) is 3.10. The number of carbonyl (C=O) groups excluding carboxylic acids is 1. The van der Waals surface area contributed by atoms with E-state index >= 15 is 0 Å². The van der Waals surface area contributed by atoms with Crippen molar-refractivity contribution >= 4 is 34.5 Å². The first-order valence-corrected chi connectivity index (χ1v) is 8.81. The highest BCUT2D eigenvalue weighted by Crippen LogP contribution is 2.31. The second kappa shape index (κ2) is 6.30. The van der Waals surface area contributed by atoms with Gasteiger partial charge in [0.1, 0.15) is 5.69 Å². The standard InChI is InChI=1S/C17H13ClN4OS/c18-12-4-5-14-11(9-12)3-1-8-22(14)17(23)13-10-24-16(21-13)15-19-6-2-7-20-15/h2,4-7,9-10H,1,3,8H2. The van der Waals surface area contributed by atoms with Gasteiger partial charge in [0, 0.05) is 35.0 Å². The number of aromatic nitrogens is 3. The van der Waals surface area contributed by atoms with Crippen LogP contribution in [-0.2, 0) is 6.42 Å². The van der Waals surface area contributed by atoms with E-state index in [1.807, 2.05) is 18.2 Å². The maximum Gasteiger partial charge on any atom is 0.277 e. The van der Waals surface area contributed by atoms with Gasteiger partial charge in [0.15, 0.2) is 10.8 Å². The lowest BCUT2D eigenvalue weighted by molar-refractivity contribution is 0.0981. The Bertz CT molecular complexity index is 897. The van der Waals surface area contributed by atoms with E-state index in [4.69, 9.17) is 11.6 Å². The quantitative estimate of drug-likeness (QED) is 0.699. The molecule has 1 aliphatic rings. The predicted molar refractivity (Wildman–Crippen MR) is 94.6 cm³/mol. The maximum absolute atomic E-state index is 12.9. The van der Waals surface area contributed by atoms with E-state index < -0.39 is 0 Å². The molecule has 3 heterocycles. The summed E-state index contributed by atoms with van der Waals surface area (Å²) in [6.45, 7) is 0.683. The average Bonchev–Trinajstić information content (AvgIpc) is 3.11. The van der Waals surface area contributed by atoms with Gasteiger partial charge in [-0.15, -0.1) is 11.3 Å². The zero-order valence-electron chi connectivity index (χ0n) is 12.6. The van der Waals surface area contributed by atoms with Crippen LogP contribution in [0.25, 0.3) is 10.8 Å². The van der Waals surface area contributed by atoms with Crippen molar-refractivity contribution in [3.05, 3.63) is 58.3 Å². The number of thiazole rings is 1. The van der Waals surface area contributed by atoms with Gasteiger partial charge in [-0.3, -0.25) is 4.79 Å². The Morgan fingerprint density at radius 2 is 2.08 bits per heavy atom. The molecule has 2 aromatic heterocycles. The van der Waals surface area contributed by atoms with Crippen LogP contribution in [0.1, 0.15) is 22.5 Å². The Morgan fingerprint density at radius 1 is 1.25 bits per heavy atom. The van der Waals surface area contributed by atoms with E-state index in [2.05, 4.69) is 15.0 Å². The van der Waals surface area contributed by atoms with Gasteiger partial charge in [0.25, 0.3) is 5.91 Å². The highest BCUT2D eigenvalue weighted by molar-refractivity contribution is 7.13. The van der Waals surface area contributed by atoms with E-state index in [9.17, 15) is 4.79 Å². The molecule has 0 aliphatic carbocycles. The fraction of sp³-hybridized carbons (Fsp3) is 0.176. The van der Waals surface area contributed by atoms with Crippen molar-refractivity contribution in [2.75, 3.05) is 11.4 Å². The van der Waals surface area contributed by atoms with Crippen LogP contribution in [0, 0.1) is 0 Å². The molecule has 0 N–H and O–H groups in total. The van der Waals surface area contributed by atoms with Gasteiger partial charge in [-0.2, -0.15) is 0 Å². The van der Waals surface area contributed by atoms with Crippen molar-refractivity contribution in [1.82, 2.24) is 15.0 Å². The van der Waals surface area contributed by atoms with E-state index in [0.717, 1.165) is 24.1 Å². The topological polar surface area (TPSA) is 59.0 Å². The van der Waals surface area contributed by atoms with Crippen molar-refractivity contribution in [3.63, 3.8) is 0 Å². The highest BCUT2D eigenvalue weighted by Gasteiger charge is 2.25. The third-order valence-electron chi connectivity index (χ3n) is 3.89. The van der Waals surface area contributed by atoms with Crippen LogP contribution >= 0.6 is 22.9 Å². The number of hydrogen-bond acceptors (Lipinski definition) is 5. The van der Waals surface area contributed by atoms with E-state index in [0.29, 0.717) is 28.1 Å². The summed E-state index contributed by atoms with van der Waals surface area (Å²) in [4.78, 5) is 27.4. The molecule has 0 saturated heterocycles. The molecule has 0 radical (unpaired) electrons. The second-order valence-electron chi connectivity index (χ2n) is 5.44. The van der Waals surface area contributed by atoms with Gasteiger partial charge in [0.05, 0.1) is 0 Å². The fourth-order valence-corrected chi connectivity index (χ4v) is 3.73. The van der Waals surface area contributed by atoms with Gasteiger partial charge in [-0.1, -0.05) is 11.6 Å². The molecule has 1 amide bonds. The molecule has 7 heteroatoms. The third-order valence-corrected chi connectivity index (χ3v) is 4.96. The number of amides is 1. The monoisotopic (exact) mass is 356 g/mol. The molecular weight excluding hydrogens is 344 g/mol. The summed E-state index contributed by atoms with van der Waals surface area (Å²) in [6, 6.07) is 7.40. The lowest BCUT2D eigenvalue weighted by Gasteiger charge is -2.29. The summed E-state index contributed by atoms with van der Waals surface area (Å²) in [7, 11) is 0. The van der Waals surface area contributed by atoms with Crippen molar-refractivity contribution in [2.24, 2.45) is 0 Å². The zero-order chi connectivity index (χ0) is 16.5. The van der Waals surface area contributed by atoms with Crippen LogP contribution < -0.4 is 4.90 Å². The zero-order valence-corrected chi connectivity index (χ0v) is 14.2. The van der Waals surface area contributed by atoms with Gasteiger partial charge in [-0.05, 0) is 42.7 Å². The van der Waals surface area contributed by atoms with Crippen LogP contribution in [0.3, 0.4) is 0 Å². The van der Waals surface area contributed by atoms with Crippen LogP contribution in [0.2, 0.25) is 5.02 Å². The molecule has 0 bridgehead atoms. The molecule has 4 rings (SSSR count). The van der Waals surface area contributed by atoms with E-state index in [-0.39, 0.29) is 5.91 Å². The largest absolute Gasteiger partial charge is 0.307 e. The van der Waals surface area contributed by atoms with Crippen molar-refractivity contribution in [2.45, 2.75) is 12.8 Å². The van der Waals surface area contributed by atoms with Crippen molar-refractivity contribution in [1.29, 1.82) is 0 Å². The first-order chi connectivity index (χ1) is 11.7. The van der Waals surface area contributed by atoms with Gasteiger partial charge < -0.3 is 4.90 Å². The minimum Gasteiger partial charge on any atom is -0.307 e. The number of anilines is 1. The molecule has 0 fully saturated rings. The molecule has 3 aromatic rings. The van der Waals surface area contributed by atoms with Crippen LogP contribution in [0.15, 0.2) is 42.0 Å². The second-order valence-corrected chi connectivity index (χ2v) is 6.74. The molecule has 24 heavy (non-hydrogen) atoms. The Morgan fingerprint density at radius 3 is 2.92 bits per heavy atom. The van der Waals surface area contributed by atoms with Crippen molar-refractivity contribution < 1.29 is 4.79 Å². The first-order valence-electron chi connectivity index (χ1n) is 7.55. The third kappa shape index (κ3) is 2.79. The number of aryl methyl sites for hydroxylation is 1. The summed E-state index contributed by atoms with van der Waals surface area (Å²) in [5.74, 6) is 0.434. The number of hydrogen-bond donors (Lipinski definition) is 0. The molecule has 0 saturated carbocycles. The molecule has 1 aromatic carbocycles. The summed E-state index contributed by atoms with van der Waals surface area (Å²) in [6.07, 6.45) is 5.17. The Balaban J connectivity index is 1.65. The van der Waals surface area contributed by atoms with Gasteiger partial charge >= 0.3 is 0 Å². The number of halogens is 1. The molecular formula is C17H13ClN4OS. The minimum absolute atomic E-state index is 0.100. The van der Waals surface area contributed by atoms with Crippen LogP contribution in [0.4, 0.5) is 5.69 Å². The minimum atomic E-state index is -0.100. The highest BCUT2D eigenvalue weighted by atomic mass is 35.5. The Kier molecular flexibility index (Phi) is 4.00. The van der Waals surface area contributed by atoms with Gasteiger partial charge in [-0.25, -0.2) is 15.0 Å². The normalized spacial score (nSPS) is 13.6. The Labute approximate surface area is 148 Å². The smallest absolute Gasteiger partial charge is 0.277 e. The van der Waals surface area contributed by atoms with E-state index in [1.54, 1.807) is 28.7 Å². The number of rotatable bonds is 2. The maximum atomic E-state index is 12.9.